The molecule has 0 fully saturated rings. The summed E-state index contributed by atoms with van der Waals surface area (Å²) in [5.74, 6) is 0.250. The normalized spacial score (nSPS) is 11.1. The van der Waals surface area contributed by atoms with Gasteiger partial charge in [-0.3, -0.25) is 0 Å². The molecule has 0 aliphatic rings. The molecule has 6 aromatic rings. The molecule has 0 bridgehead atoms. The second kappa shape index (κ2) is 54.9. The van der Waals surface area contributed by atoms with Crippen LogP contribution in [0.15, 0.2) is 127 Å². The molecule has 0 aliphatic heterocycles. The summed E-state index contributed by atoms with van der Waals surface area (Å²) >= 11 is 0. The van der Waals surface area contributed by atoms with Gasteiger partial charge >= 0.3 is 0 Å². The van der Waals surface area contributed by atoms with Crippen molar-refractivity contribution >= 4 is 0 Å². The Hall–Kier alpha value is -5.74. The molecule has 99 heavy (non-hydrogen) atoms. The van der Waals surface area contributed by atoms with Gasteiger partial charge in [-0.15, -0.1) is 17.2 Å². The minimum absolute atomic E-state index is 0. The van der Waals surface area contributed by atoms with Gasteiger partial charge in [0, 0.05) is 111 Å². The van der Waals surface area contributed by atoms with Crippen LogP contribution >= 0.6 is 0 Å². The van der Waals surface area contributed by atoms with Crippen LogP contribution in [0.2, 0.25) is 0 Å². The van der Waals surface area contributed by atoms with Crippen LogP contribution in [0.25, 0.3) is 0 Å². The molecule has 0 heterocycles. The Labute approximate surface area is 637 Å². The van der Waals surface area contributed by atoms with E-state index in [1.165, 1.54) is 27.7 Å². The summed E-state index contributed by atoms with van der Waals surface area (Å²) in [6.45, 7) is 45.8. The molecular weight excluding hydrogens is 1500 g/mol. The molecule has 0 saturated carbocycles. The van der Waals surface area contributed by atoms with Crippen molar-refractivity contribution in [3.8, 4) is 41.5 Å². The fraction of sp³-hybridized carbons (Fsp3) is 0.481. The molecule has 556 valence electrons. The molecule has 0 spiro atoms. The van der Waals surface area contributed by atoms with Gasteiger partial charge in [0.1, 0.15) is 0 Å². The summed E-state index contributed by atoms with van der Waals surface area (Å²) in [5.41, 5.74) is 9.75. The summed E-state index contributed by atoms with van der Waals surface area (Å²) in [5, 5.41) is 115. The van der Waals surface area contributed by atoms with E-state index in [1.54, 1.807) is 24.3 Å². The van der Waals surface area contributed by atoms with E-state index in [4.69, 9.17) is 21.0 Å². The van der Waals surface area contributed by atoms with Crippen molar-refractivity contribution in [3.63, 3.8) is 0 Å². The molecule has 19 nitrogen and oxygen atoms in total. The molecule has 0 radical (unpaired) electrons. The van der Waals surface area contributed by atoms with Gasteiger partial charge in [-0.05, 0) is 102 Å². The summed E-state index contributed by atoms with van der Waals surface area (Å²) < 4.78 is 0. The van der Waals surface area contributed by atoms with Crippen LogP contribution in [0.4, 0.5) is 0 Å². The quantitative estimate of drug-likeness (QED) is 0.0806. The van der Waals surface area contributed by atoms with Crippen molar-refractivity contribution in [2.75, 3.05) is 19.6 Å². The summed E-state index contributed by atoms with van der Waals surface area (Å²) in [4.78, 5) is 0. The van der Waals surface area contributed by atoms with Gasteiger partial charge in [0.05, 0.1) is 24.3 Å². The Balaban J connectivity index is -0.000000133. The zero-order valence-corrected chi connectivity index (χ0v) is 68.0. The molecule has 6 rings (SSSR count). The van der Waals surface area contributed by atoms with Gasteiger partial charge in [-0.2, -0.15) is 21.0 Å². The average molecular weight is 1610 g/mol. The molecule has 0 unspecified atom stereocenters. The number of hydrogen-bond donors (Lipinski definition) is 3. The minimum Gasteiger partial charge on any atom is -2.00 e. The Kier molecular flexibility index (Phi) is 63.6. The van der Waals surface area contributed by atoms with Crippen molar-refractivity contribution in [2.45, 2.75) is 223 Å². The van der Waals surface area contributed by atoms with Crippen molar-refractivity contribution in [1.29, 1.82) is 21.0 Å². The molecule has 0 amide bonds. The summed E-state index contributed by atoms with van der Waals surface area (Å²) in [6.07, 6.45) is -2.50. The largest absolute Gasteiger partial charge is 2.00 e. The van der Waals surface area contributed by atoms with Crippen LogP contribution in [-0.2, 0) is 148 Å². The Morgan fingerprint density at radius 1 is 0.313 bits per heavy atom. The number of nitrogens with zero attached hydrogens (tertiary/aromatic N) is 4. The maximum absolute atomic E-state index is 12.9. The van der Waals surface area contributed by atoms with Crippen LogP contribution in [0.1, 0.15) is 237 Å². The number of nitriles is 4. The van der Waals surface area contributed by atoms with E-state index in [9.17, 15) is 30.6 Å². The fourth-order valence-electron chi connectivity index (χ4n) is 8.80. The topological polar surface area (TPSA) is 441 Å². The molecule has 0 aromatic heterocycles. The zero-order valence-electron chi connectivity index (χ0n) is 62.0. The zero-order chi connectivity index (χ0) is 69.4. The number of rotatable bonds is 15. The van der Waals surface area contributed by atoms with Crippen LogP contribution in [-0.4, -0.2) is 19.6 Å². The Morgan fingerprint density at radius 3 is 0.616 bits per heavy atom. The van der Waals surface area contributed by atoms with Crippen LogP contribution in [0, 0.1) is 45.3 Å². The van der Waals surface area contributed by atoms with E-state index in [0.29, 0.717) is 39.3 Å². The molecule has 3 atom stereocenters. The summed E-state index contributed by atoms with van der Waals surface area (Å²) in [6, 6.07) is 47.1. The Morgan fingerprint density at radius 2 is 0.475 bits per heavy atom. The van der Waals surface area contributed by atoms with E-state index in [2.05, 4.69) is 141 Å². The smallest absolute Gasteiger partial charge is 0.0587 e. The second-order valence-corrected chi connectivity index (χ2v) is 28.0. The van der Waals surface area contributed by atoms with E-state index < -0.39 is 18.3 Å². The summed E-state index contributed by atoms with van der Waals surface area (Å²) in [7, 11) is 0. The second-order valence-electron chi connectivity index (χ2n) is 28.0. The van der Waals surface area contributed by atoms with E-state index in [1.807, 2.05) is 127 Å². The maximum atomic E-state index is 12.9. The minimum atomic E-state index is -0.834. The Bertz CT molecular complexity index is 2890. The van der Waals surface area contributed by atoms with Gasteiger partial charge in [-0.25, -0.2) is 0 Å². The standard InChI is InChI=1S/3C23H32NO2.4C2H3N.3Mo.6O/c3*1-22(2,3)18-12-17(21(26)19(13-18)23(4,5)6)14-24-15-20(25)16-10-8-7-9-11-16;4*1-2-3;;;;;;;;;/h3*7-13,20,24,26H,14-15H2,1-6H3;4*1H3;;;;;;;;;/q3*-1;;;;;;;;6*-2/p-3/t3*20-;;;;;;;;;;;;;/m000............./s1. The monoisotopic (exact) mass is 1610 g/mol. The van der Waals surface area contributed by atoms with Crippen molar-refractivity contribution in [1.82, 2.24) is 16.0 Å². The maximum Gasteiger partial charge on any atom is 0.0587 e. The molecule has 3 N–H and O–H groups in total. The van der Waals surface area contributed by atoms with Crippen molar-refractivity contribution in [3.05, 3.63) is 194 Å². The molecule has 6 aromatic carbocycles. The van der Waals surface area contributed by atoms with Crippen molar-refractivity contribution in [2.24, 2.45) is 0 Å². The molecule has 0 saturated heterocycles. The van der Waals surface area contributed by atoms with Crippen molar-refractivity contribution < 1.29 is 127 Å². The molecule has 22 heteroatoms. The predicted molar refractivity (Wildman–Crippen MR) is 362 cm³/mol. The first kappa shape index (κ1) is 115. The first-order valence-electron chi connectivity index (χ1n) is 30.7. The number of nitrogens with one attached hydrogen (secondary N) is 3. The van der Waals surface area contributed by atoms with Crippen LogP contribution < -0.4 is 46.6 Å². The predicted octanol–water partition coefficient (Wildman–Crippen LogP) is 12.0. The third-order valence-corrected chi connectivity index (χ3v) is 14.0. The fourth-order valence-corrected chi connectivity index (χ4v) is 8.80. The number of benzene rings is 6. The molecular formula is C77H105Mo3N7O12-18. The molecule has 0 aliphatic carbocycles. The van der Waals surface area contributed by atoms with Crippen LogP contribution in [0.5, 0.6) is 17.2 Å². The van der Waals surface area contributed by atoms with Gasteiger partial charge in [0.2, 0.25) is 0 Å². The van der Waals surface area contributed by atoms with E-state index in [0.717, 1.165) is 66.8 Å². The van der Waals surface area contributed by atoms with E-state index in [-0.39, 0.29) is 146 Å². The first-order valence-corrected chi connectivity index (χ1v) is 30.7. The van der Waals surface area contributed by atoms with Crippen LogP contribution in [0.3, 0.4) is 0 Å². The van der Waals surface area contributed by atoms with Gasteiger partial charge < -0.3 is 79.4 Å². The third kappa shape index (κ3) is 43.0. The SMILES string of the molecule is CC#N.CC#N.CC#N.CC#N.CC(C)(C)c1cc(CNC[C@H]([O-])c2ccccc2)c([O-])c(C(C)(C)C)c1.CC(C)(C)c1cc(CNC[C@H]([O-])c2ccccc2)c([O-])c(C(C)(C)C)c1.CC(C)(C)c1cc(CNC[C@H]([O-])c2ccccc2)c([O-])c(C(C)(C)C)c1.[Mo].[Mo].[Mo].[O-2].[O-2].[O-2].[O-2].[O-2].[O-2]. The van der Waals surface area contributed by atoms with Gasteiger partial charge in [-0.1, -0.05) is 287 Å². The van der Waals surface area contributed by atoms with Gasteiger partial charge in [0.15, 0.2) is 0 Å². The van der Waals surface area contributed by atoms with E-state index >= 15 is 0 Å². The number of hydrogen-bond acceptors (Lipinski definition) is 13. The average Bonchev–Trinajstić information content (AvgIpc) is 0.804. The first-order chi connectivity index (χ1) is 41.7. The van der Waals surface area contributed by atoms with Gasteiger partial charge in [0.25, 0.3) is 0 Å². The third-order valence-electron chi connectivity index (χ3n) is 14.0.